The van der Waals surface area contributed by atoms with Crippen LogP contribution in [0.4, 0.5) is 0 Å². The number of hydrogen-bond donors (Lipinski definition) is 1. The highest BCUT2D eigenvalue weighted by Gasteiger charge is 2.25. The van der Waals surface area contributed by atoms with E-state index in [9.17, 15) is 4.79 Å². The first-order valence-corrected chi connectivity index (χ1v) is 9.38. The number of amides is 1. The Bertz CT molecular complexity index is 742. The molecule has 2 aromatic rings. The molecule has 5 nitrogen and oxygen atoms in total. The summed E-state index contributed by atoms with van der Waals surface area (Å²) in [4.78, 5) is 15.0. The van der Waals surface area contributed by atoms with Crippen molar-refractivity contribution in [3.05, 3.63) is 58.1 Å². The quantitative estimate of drug-likeness (QED) is 0.779. The zero-order valence-corrected chi connectivity index (χ0v) is 16.6. The van der Waals surface area contributed by atoms with Crippen LogP contribution in [0, 0.1) is 0 Å². The number of likely N-dealkylation sites (tertiary alicyclic amines) is 1. The molecule has 1 aliphatic heterocycles. The summed E-state index contributed by atoms with van der Waals surface area (Å²) in [5.41, 5.74) is 1.82. The number of carbonyl (C=O) groups excluding carboxylic acids is 1. The van der Waals surface area contributed by atoms with Crippen LogP contribution in [0.3, 0.4) is 0 Å². The third kappa shape index (κ3) is 4.37. The van der Waals surface area contributed by atoms with Crippen LogP contribution in [-0.2, 0) is 6.54 Å². The summed E-state index contributed by atoms with van der Waals surface area (Å²) in [6.45, 7) is 2.74. The molecule has 26 heavy (non-hydrogen) atoms. The van der Waals surface area contributed by atoms with Gasteiger partial charge in [-0.15, -0.1) is 0 Å². The highest BCUT2D eigenvalue weighted by Crippen LogP contribution is 2.35. The number of nitrogens with zero attached hydrogens (tertiary/aromatic N) is 1. The molecule has 0 aliphatic carbocycles. The van der Waals surface area contributed by atoms with E-state index in [0.717, 1.165) is 26.1 Å². The fourth-order valence-electron chi connectivity index (χ4n) is 3.20. The minimum atomic E-state index is -0.110. The molecule has 1 heterocycles. The van der Waals surface area contributed by atoms with Crippen LogP contribution in [0.1, 0.15) is 22.3 Å². The van der Waals surface area contributed by atoms with E-state index in [0.29, 0.717) is 21.5 Å². The van der Waals surface area contributed by atoms with Crippen molar-refractivity contribution < 1.29 is 14.3 Å². The van der Waals surface area contributed by atoms with E-state index in [-0.39, 0.29) is 11.9 Å². The van der Waals surface area contributed by atoms with Gasteiger partial charge in [-0.05, 0) is 40.0 Å². The van der Waals surface area contributed by atoms with Crippen LogP contribution in [0.25, 0.3) is 0 Å². The molecule has 1 amide bonds. The van der Waals surface area contributed by atoms with Crippen LogP contribution < -0.4 is 14.8 Å². The third-order valence-corrected chi connectivity index (χ3v) is 5.35. The fraction of sp³-hybridized carbons (Fsp3) is 0.350. The summed E-state index contributed by atoms with van der Waals surface area (Å²) in [7, 11) is 3.14. The maximum Gasteiger partial charge on any atom is 0.251 e. The molecule has 1 saturated heterocycles. The first-order chi connectivity index (χ1) is 12.6. The van der Waals surface area contributed by atoms with Crippen molar-refractivity contribution in [2.24, 2.45) is 0 Å². The zero-order valence-electron chi connectivity index (χ0n) is 15.0. The normalized spacial score (nSPS) is 17.1. The summed E-state index contributed by atoms with van der Waals surface area (Å²) < 4.78 is 11.3. The predicted octanol–water partition coefficient (Wildman–Crippen LogP) is 3.47. The number of halogens is 1. The molecule has 2 aromatic carbocycles. The number of ether oxygens (including phenoxy) is 2. The van der Waals surface area contributed by atoms with Gasteiger partial charge in [0.2, 0.25) is 0 Å². The second-order valence-electron chi connectivity index (χ2n) is 6.37. The molecule has 3 rings (SSSR count). The molecule has 1 fully saturated rings. The highest BCUT2D eigenvalue weighted by atomic mass is 79.9. The summed E-state index contributed by atoms with van der Waals surface area (Å²) >= 11 is 3.42. The number of nitrogens with one attached hydrogen (secondary N) is 1. The molecule has 1 N–H and O–H groups in total. The van der Waals surface area contributed by atoms with Crippen LogP contribution in [-0.4, -0.2) is 44.2 Å². The molecule has 0 saturated carbocycles. The number of benzene rings is 2. The summed E-state index contributed by atoms with van der Waals surface area (Å²) in [6, 6.07) is 14.0. The maximum absolute atomic E-state index is 12.7. The van der Waals surface area contributed by atoms with Gasteiger partial charge in [0.15, 0.2) is 0 Å². The Morgan fingerprint density at radius 3 is 2.46 bits per heavy atom. The molecule has 0 radical (unpaired) electrons. The van der Waals surface area contributed by atoms with Gasteiger partial charge in [-0.1, -0.05) is 30.3 Å². The first-order valence-electron chi connectivity index (χ1n) is 8.59. The van der Waals surface area contributed by atoms with Gasteiger partial charge in [-0.25, -0.2) is 0 Å². The lowest BCUT2D eigenvalue weighted by molar-refractivity contribution is 0.0937. The van der Waals surface area contributed by atoms with Gasteiger partial charge in [-0.3, -0.25) is 9.69 Å². The Kier molecular flexibility index (Phi) is 6.16. The second kappa shape index (κ2) is 8.56. The Balaban J connectivity index is 1.62. The van der Waals surface area contributed by atoms with Crippen LogP contribution in [0.5, 0.6) is 11.5 Å². The molecular formula is C20H23BrN2O3. The number of rotatable bonds is 6. The molecule has 0 bridgehead atoms. The van der Waals surface area contributed by atoms with E-state index in [1.165, 1.54) is 5.56 Å². The van der Waals surface area contributed by atoms with Gasteiger partial charge in [0.25, 0.3) is 5.91 Å². The van der Waals surface area contributed by atoms with Gasteiger partial charge in [0.05, 0.1) is 14.2 Å². The smallest absolute Gasteiger partial charge is 0.251 e. The van der Waals surface area contributed by atoms with Gasteiger partial charge in [0, 0.05) is 31.2 Å². The van der Waals surface area contributed by atoms with Crippen molar-refractivity contribution in [2.75, 3.05) is 27.3 Å². The van der Waals surface area contributed by atoms with Crippen LogP contribution in [0.15, 0.2) is 46.9 Å². The lowest BCUT2D eigenvalue weighted by atomic mass is 10.1. The number of methoxy groups -OCH3 is 2. The Morgan fingerprint density at radius 1 is 1.19 bits per heavy atom. The van der Waals surface area contributed by atoms with E-state index in [2.05, 4.69) is 50.4 Å². The summed E-state index contributed by atoms with van der Waals surface area (Å²) in [5.74, 6) is 1.04. The number of carbonyl (C=O) groups is 1. The van der Waals surface area contributed by atoms with Gasteiger partial charge in [0.1, 0.15) is 16.0 Å². The van der Waals surface area contributed by atoms with Gasteiger partial charge in [-0.2, -0.15) is 0 Å². The fourth-order valence-corrected chi connectivity index (χ4v) is 3.76. The lowest BCUT2D eigenvalue weighted by Crippen LogP contribution is -2.37. The minimum absolute atomic E-state index is 0.110. The van der Waals surface area contributed by atoms with E-state index < -0.39 is 0 Å². The third-order valence-electron chi connectivity index (χ3n) is 4.56. The molecule has 1 atom stereocenters. The first kappa shape index (κ1) is 18.7. The summed E-state index contributed by atoms with van der Waals surface area (Å²) in [6.07, 6.45) is 0.948. The van der Waals surface area contributed by atoms with Crippen molar-refractivity contribution in [2.45, 2.75) is 19.0 Å². The molecule has 138 valence electrons. The maximum atomic E-state index is 12.7. The average molecular weight is 419 g/mol. The van der Waals surface area contributed by atoms with Crippen molar-refractivity contribution in [1.29, 1.82) is 0 Å². The Labute approximate surface area is 162 Å². The predicted molar refractivity (Wildman–Crippen MR) is 105 cm³/mol. The highest BCUT2D eigenvalue weighted by molar-refractivity contribution is 9.10. The molecule has 1 aliphatic rings. The molecule has 0 aromatic heterocycles. The van der Waals surface area contributed by atoms with Crippen LogP contribution in [0.2, 0.25) is 0 Å². The largest absolute Gasteiger partial charge is 0.495 e. The Hall–Kier alpha value is -2.05. The SMILES string of the molecule is COc1cc(C(=O)N[C@@H]2CCN(Cc3ccccc3)C2)cc(OC)c1Br. The van der Waals surface area contributed by atoms with Crippen molar-refractivity contribution in [1.82, 2.24) is 10.2 Å². The van der Waals surface area contributed by atoms with Gasteiger partial charge >= 0.3 is 0 Å². The average Bonchev–Trinajstić information content (AvgIpc) is 3.09. The molecule has 6 heteroatoms. The molecule has 0 spiro atoms. The lowest BCUT2D eigenvalue weighted by Gasteiger charge is -2.17. The van der Waals surface area contributed by atoms with Crippen LogP contribution >= 0.6 is 15.9 Å². The summed E-state index contributed by atoms with van der Waals surface area (Å²) in [5, 5.41) is 3.13. The number of hydrogen-bond acceptors (Lipinski definition) is 4. The van der Waals surface area contributed by atoms with E-state index in [1.807, 2.05) is 6.07 Å². The zero-order chi connectivity index (χ0) is 18.5. The minimum Gasteiger partial charge on any atom is -0.495 e. The van der Waals surface area contributed by atoms with E-state index in [1.54, 1.807) is 26.4 Å². The van der Waals surface area contributed by atoms with Gasteiger partial charge < -0.3 is 14.8 Å². The monoisotopic (exact) mass is 418 g/mol. The molecular weight excluding hydrogens is 396 g/mol. The standard InChI is InChI=1S/C20H23BrN2O3/c1-25-17-10-15(11-18(26-2)19(17)21)20(24)22-16-8-9-23(13-16)12-14-6-4-3-5-7-14/h3-7,10-11,16H,8-9,12-13H2,1-2H3,(H,22,24)/t16-/m1/s1. The van der Waals surface area contributed by atoms with Crippen molar-refractivity contribution in [3.63, 3.8) is 0 Å². The van der Waals surface area contributed by atoms with E-state index >= 15 is 0 Å². The topological polar surface area (TPSA) is 50.8 Å². The molecule has 0 unspecified atom stereocenters. The second-order valence-corrected chi connectivity index (χ2v) is 7.17. The van der Waals surface area contributed by atoms with Crippen molar-refractivity contribution >= 4 is 21.8 Å². The Morgan fingerprint density at radius 2 is 1.85 bits per heavy atom. The van der Waals surface area contributed by atoms with E-state index in [4.69, 9.17) is 9.47 Å². The van der Waals surface area contributed by atoms with Crippen molar-refractivity contribution in [3.8, 4) is 11.5 Å².